The van der Waals surface area contributed by atoms with Gasteiger partial charge in [0, 0.05) is 21.9 Å². The predicted molar refractivity (Wildman–Crippen MR) is 118 cm³/mol. The number of rotatable bonds is 5. The van der Waals surface area contributed by atoms with Gasteiger partial charge >= 0.3 is 6.16 Å². The first-order valence-corrected chi connectivity index (χ1v) is 11.7. The number of carboxylic acid groups (broad SMARTS) is 2. The first kappa shape index (κ1) is 22.3. The third-order valence-corrected chi connectivity index (χ3v) is 8.09. The molecule has 0 radical (unpaired) electrons. The van der Waals surface area contributed by atoms with Gasteiger partial charge in [0.1, 0.15) is 4.21 Å². The fraction of sp³-hybridized carbons (Fsp3) is 0.190. The third kappa shape index (κ3) is 5.60. The molecule has 2 atom stereocenters. The van der Waals surface area contributed by atoms with Crippen molar-refractivity contribution >= 4 is 39.1 Å². The van der Waals surface area contributed by atoms with Crippen LogP contribution in [0.15, 0.2) is 64.9 Å². The molecule has 0 aliphatic heterocycles. The molecule has 0 bridgehead atoms. The summed E-state index contributed by atoms with van der Waals surface area (Å²) in [4.78, 5) is 9.51. The topological polar surface area (TPSA) is 104 Å². The van der Waals surface area contributed by atoms with Gasteiger partial charge in [-0.25, -0.2) is 17.9 Å². The van der Waals surface area contributed by atoms with Crippen LogP contribution in [0.2, 0.25) is 5.02 Å². The van der Waals surface area contributed by atoms with Crippen molar-refractivity contribution < 1.29 is 23.4 Å². The second kappa shape index (κ2) is 9.18. The number of aryl methyl sites for hydroxylation is 1. The number of sulfonamides is 1. The summed E-state index contributed by atoms with van der Waals surface area (Å²) in [5.74, 6) is 0.266. The molecular weight excluding hydrogens is 446 g/mol. The van der Waals surface area contributed by atoms with Crippen LogP contribution in [-0.2, 0) is 10.0 Å². The average molecular weight is 466 g/mol. The monoisotopic (exact) mass is 465 g/mol. The second-order valence-corrected chi connectivity index (χ2v) is 10.3. The summed E-state index contributed by atoms with van der Waals surface area (Å²) >= 11 is 7.24. The largest absolute Gasteiger partial charge is 0.503 e. The van der Waals surface area contributed by atoms with Gasteiger partial charge in [-0.05, 0) is 48.2 Å². The van der Waals surface area contributed by atoms with E-state index in [0.29, 0.717) is 9.23 Å². The zero-order chi connectivity index (χ0) is 21.9. The van der Waals surface area contributed by atoms with Gasteiger partial charge in [0.05, 0.1) is 0 Å². The van der Waals surface area contributed by atoms with Crippen molar-refractivity contribution in [2.45, 2.75) is 29.5 Å². The number of halogens is 1. The van der Waals surface area contributed by atoms with Crippen molar-refractivity contribution in [3.8, 4) is 10.4 Å². The Kier molecular flexibility index (Phi) is 6.82. The van der Waals surface area contributed by atoms with Gasteiger partial charge in [-0.15, -0.1) is 11.3 Å². The molecule has 0 spiro atoms. The van der Waals surface area contributed by atoms with E-state index in [-0.39, 0.29) is 12.0 Å². The van der Waals surface area contributed by atoms with E-state index >= 15 is 0 Å². The lowest BCUT2D eigenvalue weighted by Crippen LogP contribution is -2.26. The summed E-state index contributed by atoms with van der Waals surface area (Å²) in [5, 5.41) is 14.6. The summed E-state index contributed by atoms with van der Waals surface area (Å²) in [6.45, 7) is 1.93. The van der Waals surface area contributed by atoms with E-state index in [4.69, 9.17) is 26.6 Å². The van der Waals surface area contributed by atoms with Crippen molar-refractivity contribution in [1.82, 2.24) is 4.72 Å². The van der Waals surface area contributed by atoms with Gasteiger partial charge in [0.2, 0.25) is 10.0 Å². The smallest absolute Gasteiger partial charge is 0.450 e. The molecule has 2 aromatic carbocycles. The molecule has 30 heavy (non-hydrogen) atoms. The summed E-state index contributed by atoms with van der Waals surface area (Å²) in [6, 6.07) is 19.2. The van der Waals surface area contributed by atoms with Crippen LogP contribution in [0.3, 0.4) is 0 Å². The Morgan fingerprint density at radius 3 is 2.30 bits per heavy atom. The number of carbonyl (C=O) groups is 1. The first-order valence-electron chi connectivity index (χ1n) is 9.03. The molecule has 1 heterocycles. The van der Waals surface area contributed by atoms with Crippen LogP contribution in [0.4, 0.5) is 4.79 Å². The maximum Gasteiger partial charge on any atom is 0.503 e. The van der Waals surface area contributed by atoms with E-state index in [2.05, 4.69) is 4.72 Å². The molecule has 6 nitrogen and oxygen atoms in total. The second-order valence-electron chi connectivity index (χ2n) is 6.85. The average Bonchev–Trinajstić information content (AvgIpc) is 3.32. The van der Waals surface area contributed by atoms with Gasteiger partial charge < -0.3 is 10.2 Å². The lowest BCUT2D eigenvalue weighted by molar-refractivity contribution is 0.137. The fourth-order valence-electron chi connectivity index (χ4n) is 3.12. The minimum Gasteiger partial charge on any atom is -0.450 e. The highest BCUT2D eigenvalue weighted by Crippen LogP contribution is 2.42. The van der Waals surface area contributed by atoms with Crippen molar-refractivity contribution in [2.24, 2.45) is 0 Å². The van der Waals surface area contributed by atoms with Crippen LogP contribution in [0, 0.1) is 6.92 Å². The third-order valence-electron chi connectivity index (χ3n) is 4.59. The number of hydrogen-bond donors (Lipinski definition) is 3. The molecule has 0 unspecified atom stereocenters. The number of benzene rings is 2. The van der Waals surface area contributed by atoms with E-state index < -0.39 is 16.2 Å². The molecule has 1 aliphatic carbocycles. The van der Waals surface area contributed by atoms with Crippen LogP contribution in [-0.4, -0.2) is 30.8 Å². The van der Waals surface area contributed by atoms with E-state index in [1.54, 1.807) is 6.07 Å². The molecule has 158 valence electrons. The number of thiophene rings is 1. The Labute approximate surface area is 183 Å². The van der Waals surface area contributed by atoms with Crippen LogP contribution < -0.4 is 4.72 Å². The van der Waals surface area contributed by atoms with Gasteiger partial charge in [-0.3, -0.25) is 0 Å². The zero-order valence-electron chi connectivity index (χ0n) is 15.9. The Hall–Kier alpha value is -2.39. The van der Waals surface area contributed by atoms with Gasteiger partial charge in [0.25, 0.3) is 0 Å². The van der Waals surface area contributed by atoms with Gasteiger partial charge in [-0.1, -0.05) is 54.1 Å². The Morgan fingerprint density at radius 1 is 1.10 bits per heavy atom. The predicted octanol–water partition coefficient (Wildman–Crippen LogP) is 5.43. The molecule has 3 aromatic rings. The molecule has 4 rings (SSSR count). The van der Waals surface area contributed by atoms with E-state index in [1.165, 1.54) is 16.9 Å². The van der Waals surface area contributed by atoms with E-state index in [9.17, 15) is 8.42 Å². The molecule has 1 aliphatic rings. The SMILES string of the molecule is Cc1cc(S(=O)(=O)N[C@H]2C[C@@H]2c2ccccc2)sc1-c1ccc(Cl)cc1.O=C(O)O. The summed E-state index contributed by atoms with van der Waals surface area (Å²) in [7, 11) is -3.51. The van der Waals surface area contributed by atoms with E-state index in [0.717, 1.165) is 22.4 Å². The van der Waals surface area contributed by atoms with Crippen molar-refractivity contribution in [2.75, 3.05) is 0 Å². The zero-order valence-corrected chi connectivity index (χ0v) is 18.3. The lowest BCUT2D eigenvalue weighted by atomic mass is 10.1. The van der Waals surface area contributed by atoms with Crippen LogP contribution in [0.1, 0.15) is 23.5 Å². The Bertz CT molecular complexity index is 1120. The standard InChI is InChI=1S/C20H18ClNO2S2.CH2O3/c1-13-11-19(25-20(13)15-7-9-16(21)10-8-15)26(23,24)22-18-12-17(18)14-5-3-2-4-6-14;2-1(3)4/h2-11,17-18,22H,12H2,1H3;(H2,2,3,4)/t17-,18+;/m1./s1. The minimum atomic E-state index is -3.51. The highest BCUT2D eigenvalue weighted by molar-refractivity contribution is 7.91. The molecule has 1 fully saturated rings. The van der Waals surface area contributed by atoms with E-state index in [1.807, 2.05) is 61.5 Å². The normalized spacial score (nSPS) is 17.7. The fourth-order valence-corrected chi connectivity index (χ4v) is 6.10. The highest BCUT2D eigenvalue weighted by atomic mass is 35.5. The molecule has 0 amide bonds. The Balaban J connectivity index is 0.000000589. The van der Waals surface area contributed by atoms with Crippen LogP contribution in [0.25, 0.3) is 10.4 Å². The summed E-state index contributed by atoms with van der Waals surface area (Å²) < 4.78 is 28.8. The molecule has 0 saturated heterocycles. The Morgan fingerprint density at radius 2 is 1.70 bits per heavy atom. The summed E-state index contributed by atoms with van der Waals surface area (Å²) in [5.41, 5.74) is 3.12. The van der Waals surface area contributed by atoms with Crippen molar-refractivity contribution in [1.29, 1.82) is 0 Å². The maximum atomic E-state index is 12.8. The molecule has 3 N–H and O–H groups in total. The lowest BCUT2D eigenvalue weighted by Gasteiger charge is -2.04. The minimum absolute atomic E-state index is 0.0243. The number of nitrogens with one attached hydrogen (secondary N) is 1. The molecular formula is C21H20ClNO5S2. The molecule has 9 heteroatoms. The first-order chi connectivity index (χ1) is 14.2. The summed E-state index contributed by atoms with van der Waals surface area (Å²) in [6.07, 6.45) is -0.988. The van der Waals surface area contributed by atoms with Gasteiger partial charge in [-0.2, -0.15) is 0 Å². The molecule has 1 aromatic heterocycles. The number of hydrogen-bond acceptors (Lipinski definition) is 4. The van der Waals surface area contributed by atoms with Crippen molar-refractivity contribution in [3.05, 3.63) is 76.8 Å². The van der Waals surface area contributed by atoms with Crippen LogP contribution >= 0.6 is 22.9 Å². The van der Waals surface area contributed by atoms with Gasteiger partial charge in [0.15, 0.2) is 0 Å². The van der Waals surface area contributed by atoms with Crippen LogP contribution in [0.5, 0.6) is 0 Å². The van der Waals surface area contributed by atoms with Crippen molar-refractivity contribution in [3.63, 3.8) is 0 Å². The highest BCUT2D eigenvalue weighted by Gasteiger charge is 2.41. The molecule has 1 saturated carbocycles. The quantitative estimate of drug-likeness (QED) is 0.465. The maximum absolute atomic E-state index is 12.8.